The van der Waals surface area contributed by atoms with Crippen molar-refractivity contribution in [2.45, 2.75) is 13.3 Å². The van der Waals surface area contributed by atoms with Gasteiger partial charge in [0.25, 0.3) is 0 Å². The number of nitrogens with two attached hydrogens (primary N) is 2. The van der Waals surface area contributed by atoms with Gasteiger partial charge in [0.2, 0.25) is 11.9 Å². The van der Waals surface area contributed by atoms with Gasteiger partial charge in [-0.1, -0.05) is 0 Å². The van der Waals surface area contributed by atoms with Crippen molar-refractivity contribution < 1.29 is 4.79 Å². The number of hydrogen-bond acceptors (Lipinski definition) is 6. The first-order valence-corrected chi connectivity index (χ1v) is 6.94. The number of nitrogens with zero attached hydrogens (tertiary/aromatic N) is 3. The molecule has 1 aliphatic rings. The predicted molar refractivity (Wildman–Crippen MR) is 76.1 cm³/mol. The molecule has 1 amide bonds. The van der Waals surface area contributed by atoms with Crippen LogP contribution in [0, 0.1) is 12.8 Å². The van der Waals surface area contributed by atoms with E-state index in [2.05, 4.69) is 20.9 Å². The third kappa shape index (κ3) is 2.10. The summed E-state index contributed by atoms with van der Waals surface area (Å²) < 4.78 is 0. The van der Waals surface area contributed by atoms with Gasteiger partial charge in [-0.3, -0.25) is 4.79 Å². The minimum Gasteiger partial charge on any atom is -0.369 e. The largest absolute Gasteiger partial charge is 0.369 e. The minimum absolute atomic E-state index is 0.106. The van der Waals surface area contributed by atoms with Crippen molar-refractivity contribution in [3.05, 3.63) is 10.9 Å². The molecule has 1 saturated heterocycles. The maximum atomic E-state index is 11.3. The third-order valence-electron chi connectivity index (χ3n) is 3.40. The third-order valence-corrected chi connectivity index (χ3v) is 4.35. The van der Waals surface area contributed by atoms with E-state index < -0.39 is 0 Å². The van der Waals surface area contributed by atoms with Crippen LogP contribution in [-0.4, -0.2) is 29.0 Å². The molecule has 6 nitrogen and oxygen atoms in total. The molecule has 1 atom stereocenters. The number of rotatable bonds is 2. The van der Waals surface area contributed by atoms with E-state index in [0.29, 0.717) is 6.54 Å². The van der Waals surface area contributed by atoms with Crippen molar-refractivity contribution in [3.63, 3.8) is 0 Å². The first-order valence-electron chi connectivity index (χ1n) is 6.12. The first-order chi connectivity index (χ1) is 9.04. The van der Waals surface area contributed by atoms with Crippen LogP contribution in [0.15, 0.2) is 6.07 Å². The van der Waals surface area contributed by atoms with Gasteiger partial charge in [0.15, 0.2) is 0 Å². The van der Waals surface area contributed by atoms with Crippen molar-refractivity contribution in [1.29, 1.82) is 0 Å². The Labute approximate surface area is 114 Å². The van der Waals surface area contributed by atoms with Crippen LogP contribution < -0.4 is 16.4 Å². The van der Waals surface area contributed by atoms with E-state index in [1.165, 1.54) is 4.88 Å². The molecule has 0 radical (unpaired) electrons. The fourth-order valence-electron chi connectivity index (χ4n) is 2.47. The summed E-state index contributed by atoms with van der Waals surface area (Å²) in [7, 11) is 0. The van der Waals surface area contributed by atoms with E-state index in [4.69, 9.17) is 11.5 Å². The molecule has 0 aliphatic carbocycles. The molecule has 3 heterocycles. The SMILES string of the molecule is Cc1cc2c(N3CCC(C(N)=O)C3)nc(N)nc2s1. The summed E-state index contributed by atoms with van der Waals surface area (Å²) in [4.78, 5) is 24.0. The average molecular weight is 277 g/mol. The van der Waals surface area contributed by atoms with Crippen LogP contribution in [0.5, 0.6) is 0 Å². The van der Waals surface area contributed by atoms with Gasteiger partial charge in [0.1, 0.15) is 10.6 Å². The van der Waals surface area contributed by atoms with Gasteiger partial charge in [-0.15, -0.1) is 11.3 Å². The lowest BCUT2D eigenvalue weighted by atomic mass is 10.1. The molecule has 1 fully saturated rings. The molecular weight excluding hydrogens is 262 g/mol. The molecule has 2 aromatic rings. The number of hydrogen-bond donors (Lipinski definition) is 2. The highest BCUT2D eigenvalue weighted by Gasteiger charge is 2.29. The molecular formula is C12H15N5OS. The van der Waals surface area contributed by atoms with Crippen LogP contribution >= 0.6 is 11.3 Å². The van der Waals surface area contributed by atoms with Gasteiger partial charge in [0, 0.05) is 18.0 Å². The quantitative estimate of drug-likeness (QED) is 0.849. The molecule has 0 saturated carbocycles. The number of carbonyl (C=O) groups is 1. The number of aromatic nitrogens is 2. The highest BCUT2D eigenvalue weighted by molar-refractivity contribution is 7.18. The molecule has 19 heavy (non-hydrogen) atoms. The summed E-state index contributed by atoms with van der Waals surface area (Å²) >= 11 is 1.60. The lowest BCUT2D eigenvalue weighted by Crippen LogP contribution is -2.27. The molecule has 1 aliphatic heterocycles. The summed E-state index contributed by atoms with van der Waals surface area (Å²) in [6.07, 6.45) is 0.768. The predicted octanol–water partition coefficient (Wildman–Crippen LogP) is 0.894. The summed E-state index contributed by atoms with van der Waals surface area (Å²) in [5.74, 6) is 0.732. The van der Waals surface area contributed by atoms with Crippen molar-refractivity contribution in [2.75, 3.05) is 23.7 Å². The number of primary amides is 1. The van der Waals surface area contributed by atoms with E-state index in [-0.39, 0.29) is 17.8 Å². The highest BCUT2D eigenvalue weighted by Crippen LogP contribution is 2.33. The zero-order chi connectivity index (χ0) is 13.6. The van der Waals surface area contributed by atoms with Crippen LogP contribution in [0.4, 0.5) is 11.8 Å². The Balaban J connectivity index is 2.03. The number of anilines is 2. The summed E-state index contributed by atoms with van der Waals surface area (Å²) in [5.41, 5.74) is 11.1. The zero-order valence-electron chi connectivity index (χ0n) is 10.6. The molecule has 0 bridgehead atoms. The minimum atomic E-state index is -0.248. The Morgan fingerprint density at radius 2 is 2.32 bits per heavy atom. The molecule has 0 aromatic carbocycles. The normalized spacial score (nSPS) is 19.2. The summed E-state index contributed by atoms with van der Waals surface area (Å²) in [6.45, 7) is 3.41. The Bertz CT molecular complexity index is 653. The number of carbonyl (C=O) groups excluding carboxylic acids is 1. The van der Waals surface area contributed by atoms with Crippen LogP contribution in [0.3, 0.4) is 0 Å². The molecule has 4 N–H and O–H groups in total. The second kappa shape index (κ2) is 4.34. The van der Waals surface area contributed by atoms with Gasteiger partial charge in [-0.05, 0) is 19.4 Å². The maximum Gasteiger partial charge on any atom is 0.223 e. The maximum absolute atomic E-state index is 11.3. The van der Waals surface area contributed by atoms with Gasteiger partial charge >= 0.3 is 0 Å². The second-order valence-corrected chi connectivity index (χ2v) is 6.05. The van der Waals surface area contributed by atoms with Crippen molar-refractivity contribution in [1.82, 2.24) is 9.97 Å². The summed E-state index contributed by atoms with van der Waals surface area (Å²) in [5, 5.41) is 1.00. The molecule has 1 unspecified atom stereocenters. The molecule has 0 spiro atoms. The van der Waals surface area contributed by atoms with Crippen LogP contribution in [0.1, 0.15) is 11.3 Å². The van der Waals surface area contributed by atoms with Gasteiger partial charge in [-0.2, -0.15) is 4.98 Å². The first kappa shape index (κ1) is 12.2. The fraction of sp³-hybridized carbons (Fsp3) is 0.417. The second-order valence-electron chi connectivity index (χ2n) is 4.82. The van der Waals surface area contributed by atoms with E-state index in [1.54, 1.807) is 11.3 Å². The number of aryl methyl sites for hydroxylation is 1. The number of thiophene rings is 1. The van der Waals surface area contributed by atoms with Crippen LogP contribution in [0.2, 0.25) is 0 Å². The average Bonchev–Trinajstić information content (AvgIpc) is 2.93. The van der Waals surface area contributed by atoms with Crippen LogP contribution in [-0.2, 0) is 4.79 Å². The summed E-state index contributed by atoms with van der Waals surface area (Å²) in [6, 6.07) is 2.06. The molecule has 3 rings (SSSR count). The van der Waals surface area contributed by atoms with Crippen molar-refractivity contribution in [2.24, 2.45) is 11.7 Å². The monoisotopic (exact) mass is 277 g/mol. The zero-order valence-corrected chi connectivity index (χ0v) is 11.4. The lowest BCUT2D eigenvalue weighted by molar-refractivity contribution is -0.121. The Morgan fingerprint density at radius 3 is 3.00 bits per heavy atom. The van der Waals surface area contributed by atoms with E-state index in [9.17, 15) is 4.79 Å². The highest BCUT2D eigenvalue weighted by atomic mass is 32.1. The standard InChI is InChI=1S/C12H15N5OS/c1-6-4-8-10(15-12(14)16-11(8)19-6)17-3-2-7(5-17)9(13)18/h4,7H,2-3,5H2,1H3,(H2,13,18)(H2,14,15,16). The Morgan fingerprint density at radius 1 is 1.53 bits per heavy atom. The van der Waals surface area contributed by atoms with Crippen LogP contribution in [0.25, 0.3) is 10.2 Å². The Hall–Kier alpha value is -1.89. The number of fused-ring (bicyclic) bond motifs is 1. The van der Waals surface area contributed by atoms with E-state index in [0.717, 1.165) is 29.0 Å². The van der Waals surface area contributed by atoms with E-state index in [1.807, 2.05) is 6.92 Å². The molecule has 100 valence electrons. The number of nitrogen functional groups attached to an aromatic ring is 1. The van der Waals surface area contributed by atoms with Gasteiger partial charge in [-0.25, -0.2) is 4.98 Å². The lowest BCUT2D eigenvalue weighted by Gasteiger charge is -2.18. The van der Waals surface area contributed by atoms with Crippen molar-refractivity contribution >= 4 is 39.2 Å². The van der Waals surface area contributed by atoms with E-state index >= 15 is 0 Å². The topological polar surface area (TPSA) is 98.1 Å². The van der Waals surface area contributed by atoms with Gasteiger partial charge < -0.3 is 16.4 Å². The molecule has 7 heteroatoms. The fourth-order valence-corrected chi connectivity index (χ4v) is 3.35. The number of amides is 1. The molecule has 2 aromatic heterocycles. The smallest absolute Gasteiger partial charge is 0.223 e. The van der Waals surface area contributed by atoms with Crippen molar-refractivity contribution in [3.8, 4) is 0 Å². The Kier molecular flexibility index (Phi) is 2.78. The van der Waals surface area contributed by atoms with Gasteiger partial charge in [0.05, 0.1) is 11.3 Å².